The molecule has 0 saturated carbocycles. The Kier molecular flexibility index (Phi) is 4.64. The summed E-state index contributed by atoms with van der Waals surface area (Å²) < 4.78 is 13.1. The molecule has 0 aromatic carbocycles. The fraction of sp³-hybridized carbons (Fsp3) is 0.800. The lowest BCUT2D eigenvalue weighted by molar-refractivity contribution is -0.0128. The van der Waals surface area contributed by atoms with Crippen LogP contribution in [0.25, 0.3) is 0 Å². The van der Waals surface area contributed by atoms with Gasteiger partial charge in [0, 0.05) is 14.2 Å². The lowest BCUT2D eigenvalue weighted by atomic mass is 10.0. The van der Waals surface area contributed by atoms with Crippen molar-refractivity contribution in [2.45, 2.75) is 32.4 Å². The van der Waals surface area contributed by atoms with Crippen molar-refractivity contribution in [3.63, 3.8) is 0 Å². The first-order chi connectivity index (χ1) is 7.59. The van der Waals surface area contributed by atoms with Gasteiger partial charge in [-0.3, -0.25) is 9.67 Å². The van der Waals surface area contributed by atoms with Crippen LogP contribution in [0.3, 0.4) is 0 Å². The van der Waals surface area contributed by atoms with Crippen molar-refractivity contribution in [3.8, 4) is 0 Å². The monoisotopic (exact) mass is 245 g/mol. The minimum atomic E-state index is -0.415. The summed E-state index contributed by atoms with van der Waals surface area (Å²) in [5.41, 5.74) is -0.415. The Labute approximate surface area is 101 Å². The van der Waals surface area contributed by atoms with Crippen LogP contribution < -0.4 is 0 Å². The van der Waals surface area contributed by atoms with Crippen LogP contribution in [0.2, 0.25) is 0 Å². The number of nitrogens with zero attached hydrogens (tertiary/aromatic N) is 2. The molecule has 5 nitrogen and oxygen atoms in total. The van der Waals surface area contributed by atoms with Crippen LogP contribution >= 0.6 is 12.2 Å². The standard InChI is InChI=1S/C10H19N3O2S/c1-5-10(2,15-4)8-11-12-9(16)13(8)6-7-14-3/h5-7H2,1-4H3,(H,12,16). The zero-order valence-electron chi connectivity index (χ0n) is 10.2. The maximum absolute atomic E-state index is 5.52. The minimum Gasteiger partial charge on any atom is -0.383 e. The molecule has 16 heavy (non-hydrogen) atoms. The molecular formula is C10H19N3O2S. The first-order valence-electron chi connectivity index (χ1n) is 5.28. The molecule has 92 valence electrons. The quantitative estimate of drug-likeness (QED) is 0.777. The number of H-pyrrole nitrogens is 1. The van der Waals surface area contributed by atoms with Crippen molar-refractivity contribution in [3.05, 3.63) is 10.6 Å². The second-order valence-corrected chi connectivity index (χ2v) is 4.17. The molecule has 1 heterocycles. The summed E-state index contributed by atoms with van der Waals surface area (Å²) in [4.78, 5) is 0. The zero-order chi connectivity index (χ0) is 12.2. The van der Waals surface area contributed by atoms with Crippen LogP contribution in [-0.4, -0.2) is 35.6 Å². The Hall–Kier alpha value is -0.720. The summed E-state index contributed by atoms with van der Waals surface area (Å²) in [5, 5.41) is 7.05. The number of aromatic nitrogens is 3. The van der Waals surface area contributed by atoms with Gasteiger partial charge in [-0.25, -0.2) is 0 Å². The third kappa shape index (κ3) is 2.50. The number of ether oxygens (including phenoxy) is 2. The highest BCUT2D eigenvalue weighted by molar-refractivity contribution is 7.71. The van der Waals surface area contributed by atoms with Crippen LogP contribution in [0.15, 0.2) is 0 Å². The van der Waals surface area contributed by atoms with Gasteiger partial charge in [-0.1, -0.05) is 6.92 Å². The van der Waals surface area contributed by atoms with E-state index in [1.165, 1.54) is 0 Å². The lowest BCUT2D eigenvalue weighted by Crippen LogP contribution is -2.28. The predicted octanol–water partition coefficient (Wildman–Crippen LogP) is 1.86. The molecule has 1 aromatic heterocycles. The third-order valence-electron chi connectivity index (χ3n) is 2.88. The number of methoxy groups -OCH3 is 2. The smallest absolute Gasteiger partial charge is 0.195 e. The minimum absolute atomic E-state index is 0.415. The molecule has 1 unspecified atom stereocenters. The zero-order valence-corrected chi connectivity index (χ0v) is 11.1. The molecule has 1 N–H and O–H groups in total. The van der Waals surface area contributed by atoms with E-state index in [0.717, 1.165) is 12.2 Å². The first kappa shape index (κ1) is 13.3. The average Bonchev–Trinajstić information content (AvgIpc) is 2.67. The predicted molar refractivity (Wildman–Crippen MR) is 63.9 cm³/mol. The topological polar surface area (TPSA) is 52.1 Å². The largest absolute Gasteiger partial charge is 0.383 e. The van der Waals surface area contributed by atoms with Crippen LogP contribution in [0, 0.1) is 4.77 Å². The molecule has 6 heteroatoms. The van der Waals surface area contributed by atoms with E-state index >= 15 is 0 Å². The molecule has 1 atom stereocenters. The van der Waals surface area contributed by atoms with Crippen molar-refractivity contribution in [2.75, 3.05) is 20.8 Å². The van der Waals surface area contributed by atoms with Crippen LogP contribution in [0.5, 0.6) is 0 Å². The van der Waals surface area contributed by atoms with E-state index < -0.39 is 5.60 Å². The van der Waals surface area contributed by atoms with E-state index in [1.54, 1.807) is 14.2 Å². The molecule has 0 spiro atoms. The number of nitrogens with one attached hydrogen (secondary N) is 1. The van der Waals surface area contributed by atoms with E-state index in [9.17, 15) is 0 Å². The molecule has 0 aliphatic heterocycles. The molecular weight excluding hydrogens is 226 g/mol. The third-order valence-corrected chi connectivity index (χ3v) is 3.19. The summed E-state index contributed by atoms with van der Waals surface area (Å²) in [7, 11) is 3.35. The van der Waals surface area contributed by atoms with Crippen molar-refractivity contribution in [2.24, 2.45) is 0 Å². The van der Waals surface area contributed by atoms with Gasteiger partial charge in [-0.05, 0) is 25.6 Å². The fourth-order valence-corrected chi connectivity index (χ4v) is 1.73. The highest BCUT2D eigenvalue weighted by Gasteiger charge is 2.29. The number of hydrogen-bond acceptors (Lipinski definition) is 4. The van der Waals surface area contributed by atoms with Gasteiger partial charge < -0.3 is 9.47 Å². The van der Waals surface area contributed by atoms with E-state index in [1.807, 2.05) is 11.5 Å². The molecule has 0 aliphatic rings. The van der Waals surface area contributed by atoms with Crippen molar-refractivity contribution >= 4 is 12.2 Å². The number of rotatable bonds is 6. The Morgan fingerprint density at radius 1 is 1.50 bits per heavy atom. The van der Waals surface area contributed by atoms with Crippen molar-refractivity contribution in [1.29, 1.82) is 0 Å². The summed E-state index contributed by atoms with van der Waals surface area (Å²) >= 11 is 5.18. The van der Waals surface area contributed by atoms with Crippen LogP contribution in [-0.2, 0) is 21.6 Å². The number of hydrogen-bond donors (Lipinski definition) is 1. The maximum atomic E-state index is 5.52. The van der Waals surface area contributed by atoms with Gasteiger partial charge in [-0.2, -0.15) is 5.10 Å². The molecule has 0 aliphatic carbocycles. The second kappa shape index (κ2) is 5.56. The Bertz CT molecular complexity index is 382. The van der Waals surface area contributed by atoms with E-state index in [0.29, 0.717) is 17.9 Å². The van der Waals surface area contributed by atoms with Crippen molar-refractivity contribution < 1.29 is 9.47 Å². The molecule has 1 aromatic rings. The maximum Gasteiger partial charge on any atom is 0.195 e. The summed E-state index contributed by atoms with van der Waals surface area (Å²) in [6, 6.07) is 0. The van der Waals surface area contributed by atoms with Gasteiger partial charge in [0.25, 0.3) is 0 Å². The van der Waals surface area contributed by atoms with Gasteiger partial charge in [0.05, 0.1) is 13.2 Å². The molecule has 0 amide bonds. The van der Waals surface area contributed by atoms with E-state index in [4.69, 9.17) is 21.7 Å². The second-order valence-electron chi connectivity index (χ2n) is 3.79. The average molecular weight is 245 g/mol. The van der Waals surface area contributed by atoms with Gasteiger partial charge in [0.2, 0.25) is 0 Å². The molecule has 1 rings (SSSR count). The summed E-state index contributed by atoms with van der Waals surface area (Å²) in [6.07, 6.45) is 0.829. The normalized spacial score (nSPS) is 15.0. The van der Waals surface area contributed by atoms with Gasteiger partial charge >= 0.3 is 0 Å². The first-order valence-corrected chi connectivity index (χ1v) is 5.69. The van der Waals surface area contributed by atoms with Crippen LogP contribution in [0.4, 0.5) is 0 Å². The fourth-order valence-electron chi connectivity index (χ4n) is 1.51. The van der Waals surface area contributed by atoms with Crippen molar-refractivity contribution in [1.82, 2.24) is 14.8 Å². The Morgan fingerprint density at radius 2 is 2.19 bits per heavy atom. The van der Waals surface area contributed by atoms with E-state index in [-0.39, 0.29) is 0 Å². The molecule has 0 bridgehead atoms. The molecule has 0 radical (unpaired) electrons. The summed E-state index contributed by atoms with van der Waals surface area (Å²) in [5.74, 6) is 0.819. The Balaban J connectivity index is 3.08. The Morgan fingerprint density at radius 3 is 2.69 bits per heavy atom. The van der Waals surface area contributed by atoms with E-state index in [2.05, 4.69) is 17.1 Å². The van der Waals surface area contributed by atoms with Gasteiger partial charge in [-0.15, -0.1) is 0 Å². The lowest BCUT2D eigenvalue weighted by Gasteiger charge is -2.25. The summed E-state index contributed by atoms with van der Waals surface area (Å²) in [6.45, 7) is 5.34. The van der Waals surface area contributed by atoms with Crippen LogP contribution in [0.1, 0.15) is 26.1 Å². The van der Waals surface area contributed by atoms with Gasteiger partial charge in [0.15, 0.2) is 10.6 Å². The van der Waals surface area contributed by atoms with Gasteiger partial charge in [0.1, 0.15) is 5.60 Å². The molecule has 0 fully saturated rings. The highest BCUT2D eigenvalue weighted by Crippen LogP contribution is 2.26. The molecule has 0 saturated heterocycles. The number of aromatic amines is 1. The highest BCUT2D eigenvalue weighted by atomic mass is 32.1. The SMILES string of the molecule is CCC(C)(OC)c1n[nH]c(=S)n1CCOC.